The van der Waals surface area contributed by atoms with Gasteiger partial charge in [0.25, 0.3) is 0 Å². The highest BCUT2D eigenvalue weighted by molar-refractivity contribution is 9.10. The maximum absolute atomic E-state index is 11.9. The molecular weight excluding hydrogens is 326 g/mol. The van der Waals surface area contributed by atoms with Crippen molar-refractivity contribution in [3.05, 3.63) is 28.7 Å². The molecule has 8 heteroatoms. The fourth-order valence-electron chi connectivity index (χ4n) is 0.900. The van der Waals surface area contributed by atoms with Crippen molar-refractivity contribution in [2.75, 3.05) is 6.26 Å². The van der Waals surface area contributed by atoms with Crippen LogP contribution in [0, 0.1) is 0 Å². The summed E-state index contributed by atoms with van der Waals surface area (Å²) in [4.78, 5) is 0.315. The van der Waals surface area contributed by atoms with E-state index in [0.717, 1.165) is 4.47 Å². The summed E-state index contributed by atoms with van der Waals surface area (Å²) in [7, 11) is -2.21. The molecule has 0 fully saturated rings. The molecule has 0 amide bonds. The fourth-order valence-corrected chi connectivity index (χ4v) is 4.48. The molecule has 84 valence electrons. The minimum Gasteiger partial charge on any atom is -0.244 e. The van der Waals surface area contributed by atoms with Gasteiger partial charge in [0.05, 0.1) is 9.73 Å². The molecule has 0 unspecified atom stereocenters. The molecule has 0 aliphatic heterocycles. The number of rotatable bonds is 2. The van der Waals surface area contributed by atoms with Gasteiger partial charge in [-0.2, -0.15) is 8.42 Å². The van der Waals surface area contributed by atoms with E-state index in [2.05, 4.69) is 19.7 Å². The van der Waals surface area contributed by atoms with Gasteiger partial charge >= 0.3 is 9.24 Å². The van der Waals surface area contributed by atoms with Crippen LogP contribution in [0.3, 0.4) is 0 Å². The Morgan fingerprint density at radius 1 is 1.20 bits per heavy atom. The minimum absolute atomic E-state index is 0.315. The number of hydrogen-bond acceptors (Lipinski definition) is 3. The van der Waals surface area contributed by atoms with Crippen molar-refractivity contribution < 1.29 is 12.6 Å². The van der Waals surface area contributed by atoms with Crippen LogP contribution in [0.25, 0.3) is 0 Å². The first-order chi connectivity index (χ1) is 6.71. The lowest BCUT2D eigenvalue weighted by molar-refractivity contribution is 0.611. The minimum atomic E-state index is -4.13. The Kier molecular flexibility index (Phi) is 3.80. The van der Waals surface area contributed by atoms with Gasteiger partial charge in [-0.15, -0.1) is 0 Å². The Morgan fingerprint density at radius 2 is 1.67 bits per heavy atom. The topological polar surface area (TPSA) is 63.6 Å². The smallest absolute Gasteiger partial charge is 0.244 e. The molecule has 0 spiro atoms. The number of benzene rings is 1. The highest BCUT2D eigenvalue weighted by atomic mass is 79.9. The molecule has 1 aromatic carbocycles. The van der Waals surface area contributed by atoms with E-state index in [1.807, 2.05) is 0 Å². The maximum Gasteiger partial charge on any atom is 0.347 e. The summed E-state index contributed by atoms with van der Waals surface area (Å²) in [6.07, 6.45) is 1.22. The van der Waals surface area contributed by atoms with Gasteiger partial charge in [-0.25, -0.2) is 4.21 Å². The zero-order chi connectivity index (χ0) is 11.7. The lowest BCUT2D eigenvalue weighted by Gasteiger charge is -2.02. The summed E-state index contributed by atoms with van der Waals surface area (Å²) in [5.41, 5.74) is 0. The summed E-state index contributed by atoms with van der Waals surface area (Å²) in [5, 5.41) is 0. The maximum atomic E-state index is 11.9. The van der Waals surface area contributed by atoms with Crippen LogP contribution in [0.1, 0.15) is 0 Å². The molecule has 1 rings (SSSR count). The molecule has 0 radical (unpaired) electrons. The van der Waals surface area contributed by atoms with Crippen molar-refractivity contribution in [2.24, 2.45) is 3.77 Å². The van der Waals surface area contributed by atoms with E-state index >= 15 is 0 Å². The predicted octanol–water partition coefficient (Wildman–Crippen LogP) is 2.39. The van der Waals surface area contributed by atoms with E-state index in [4.69, 9.17) is 10.7 Å². The monoisotopic (exact) mass is 331 g/mol. The van der Waals surface area contributed by atoms with Crippen LogP contribution in [-0.2, 0) is 19.0 Å². The third-order valence-corrected chi connectivity index (χ3v) is 5.51. The molecule has 0 aliphatic rings. The molecule has 0 aromatic heterocycles. The Bertz CT molecular complexity index is 573. The molecule has 0 saturated carbocycles. The molecule has 1 atom stereocenters. The summed E-state index contributed by atoms with van der Waals surface area (Å²) in [5.74, 6) is 0. The third kappa shape index (κ3) is 4.10. The second-order valence-electron chi connectivity index (χ2n) is 2.74. The highest BCUT2D eigenvalue weighted by Gasteiger charge is 2.11. The normalized spacial score (nSPS) is 15.7. The molecule has 15 heavy (non-hydrogen) atoms. The van der Waals surface area contributed by atoms with Crippen LogP contribution in [0.2, 0.25) is 0 Å². The van der Waals surface area contributed by atoms with E-state index in [9.17, 15) is 12.6 Å². The lowest BCUT2D eigenvalue weighted by Crippen LogP contribution is -1.99. The van der Waals surface area contributed by atoms with Crippen molar-refractivity contribution in [1.29, 1.82) is 0 Å². The second-order valence-corrected chi connectivity index (χ2v) is 8.33. The van der Waals surface area contributed by atoms with Gasteiger partial charge in [-0.1, -0.05) is 19.7 Å². The Hall–Kier alpha value is -0.110. The van der Waals surface area contributed by atoms with Crippen molar-refractivity contribution >= 4 is 45.6 Å². The first kappa shape index (κ1) is 13.0. The van der Waals surface area contributed by atoms with Gasteiger partial charge in [0.1, 0.15) is 0 Å². The van der Waals surface area contributed by atoms with Gasteiger partial charge in [0.2, 0.25) is 0 Å². The van der Waals surface area contributed by atoms with Crippen molar-refractivity contribution in [3.8, 4) is 0 Å². The van der Waals surface area contributed by atoms with E-state index in [1.165, 1.54) is 18.4 Å². The molecular formula is C7H7BrClNO3S2. The first-order valence-corrected chi connectivity index (χ1v) is 8.62. The number of hydrogen-bond donors (Lipinski definition) is 0. The molecule has 4 nitrogen and oxygen atoms in total. The van der Waals surface area contributed by atoms with E-state index in [1.54, 1.807) is 12.1 Å². The standard InChI is InChI=1S/C7H7BrClNO3S2/c1-14(11,10-15(9,12)13)7-4-2-6(8)3-5-7/h2-5H,1H3/t14-/m1/s1. The van der Waals surface area contributed by atoms with Gasteiger partial charge in [-0.3, -0.25) is 0 Å². The SMILES string of the molecule is C[S@](=O)(=NS(=O)(=O)Cl)c1ccc(Br)cc1. The molecule has 0 aliphatic carbocycles. The van der Waals surface area contributed by atoms with Crippen LogP contribution in [0.5, 0.6) is 0 Å². The van der Waals surface area contributed by atoms with Gasteiger partial charge in [-0.05, 0) is 24.3 Å². The zero-order valence-corrected chi connectivity index (χ0v) is 11.5. The summed E-state index contributed by atoms with van der Waals surface area (Å²) in [6, 6.07) is 6.35. The van der Waals surface area contributed by atoms with Crippen molar-refractivity contribution in [3.63, 3.8) is 0 Å². The molecule has 0 bridgehead atoms. The third-order valence-electron chi connectivity index (χ3n) is 1.48. The fraction of sp³-hybridized carbons (Fsp3) is 0.143. The molecule has 1 aromatic rings. The molecule has 0 saturated heterocycles. The quantitative estimate of drug-likeness (QED) is 0.781. The Morgan fingerprint density at radius 3 is 2.07 bits per heavy atom. The van der Waals surface area contributed by atoms with Crippen LogP contribution >= 0.6 is 26.6 Å². The lowest BCUT2D eigenvalue weighted by atomic mass is 10.4. The molecule has 0 N–H and O–H groups in total. The Balaban J connectivity index is 3.36. The molecule has 0 heterocycles. The number of halogens is 2. The Labute approximate surface area is 102 Å². The van der Waals surface area contributed by atoms with Gasteiger partial charge < -0.3 is 0 Å². The first-order valence-electron chi connectivity index (χ1n) is 3.64. The predicted molar refractivity (Wildman–Crippen MR) is 63.7 cm³/mol. The van der Waals surface area contributed by atoms with E-state index < -0.39 is 19.0 Å². The summed E-state index contributed by atoms with van der Waals surface area (Å²) >= 11 is 3.21. The van der Waals surface area contributed by atoms with Crippen LogP contribution in [0.4, 0.5) is 0 Å². The van der Waals surface area contributed by atoms with Crippen molar-refractivity contribution in [1.82, 2.24) is 0 Å². The van der Waals surface area contributed by atoms with Crippen LogP contribution < -0.4 is 0 Å². The van der Waals surface area contributed by atoms with E-state index in [-0.39, 0.29) is 0 Å². The average molecular weight is 333 g/mol. The van der Waals surface area contributed by atoms with Crippen LogP contribution in [0.15, 0.2) is 37.4 Å². The summed E-state index contributed by atoms with van der Waals surface area (Å²) in [6.45, 7) is 0. The largest absolute Gasteiger partial charge is 0.347 e. The number of nitrogens with zero attached hydrogens (tertiary/aromatic N) is 1. The van der Waals surface area contributed by atoms with E-state index in [0.29, 0.717) is 4.90 Å². The van der Waals surface area contributed by atoms with Gasteiger partial charge in [0, 0.05) is 26.3 Å². The highest BCUT2D eigenvalue weighted by Crippen LogP contribution is 2.18. The van der Waals surface area contributed by atoms with Crippen molar-refractivity contribution in [2.45, 2.75) is 4.90 Å². The summed E-state index contributed by atoms with van der Waals surface area (Å²) < 4.78 is 37.2. The average Bonchev–Trinajstić information content (AvgIpc) is 2.00. The van der Waals surface area contributed by atoms with Gasteiger partial charge in [0.15, 0.2) is 0 Å². The zero-order valence-electron chi connectivity index (χ0n) is 7.55. The second kappa shape index (κ2) is 4.40. The van der Waals surface area contributed by atoms with Crippen LogP contribution in [-0.4, -0.2) is 18.9 Å².